The van der Waals surface area contributed by atoms with Gasteiger partial charge in [-0.3, -0.25) is 10.7 Å². The molecule has 0 radical (unpaired) electrons. The van der Waals surface area contributed by atoms with Crippen molar-refractivity contribution in [1.82, 2.24) is 0 Å². The van der Waals surface area contributed by atoms with Crippen LogP contribution in [-0.2, 0) is 9.47 Å². The van der Waals surface area contributed by atoms with Crippen molar-refractivity contribution >= 4 is 17.2 Å². The Balaban J connectivity index is 1.82. The van der Waals surface area contributed by atoms with Gasteiger partial charge in [-0.2, -0.15) is 4.39 Å². The first-order valence-electron chi connectivity index (χ1n) is 12.1. The van der Waals surface area contributed by atoms with Crippen molar-refractivity contribution in [3.05, 3.63) is 64.7 Å². The van der Waals surface area contributed by atoms with Crippen LogP contribution in [0.25, 0.3) is 5.57 Å². The maximum Gasteiger partial charge on any atom is 0.218 e. The van der Waals surface area contributed by atoms with Gasteiger partial charge in [0.25, 0.3) is 0 Å². The van der Waals surface area contributed by atoms with Gasteiger partial charge in [-0.25, -0.2) is 0 Å². The van der Waals surface area contributed by atoms with Gasteiger partial charge in [-0.15, -0.1) is 0 Å². The maximum absolute atomic E-state index is 14.5. The molecule has 2 heterocycles. The molecule has 0 aromatic heterocycles. The minimum Gasteiger partial charge on any atom is -0.508 e. The van der Waals surface area contributed by atoms with Gasteiger partial charge >= 0.3 is 0 Å². The average Bonchev–Trinajstić information content (AvgIpc) is 2.74. The van der Waals surface area contributed by atoms with Crippen LogP contribution in [0.5, 0.6) is 5.75 Å². The molecule has 2 aromatic carbocycles. The van der Waals surface area contributed by atoms with Crippen molar-refractivity contribution < 1.29 is 24.3 Å². The summed E-state index contributed by atoms with van der Waals surface area (Å²) in [6.45, 7) is 9.08. The van der Waals surface area contributed by atoms with Crippen LogP contribution < -0.4 is 5.32 Å². The van der Waals surface area contributed by atoms with E-state index in [-0.39, 0.29) is 28.7 Å². The maximum atomic E-state index is 14.5. The molecule has 2 saturated heterocycles. The van der Waals surface area contributed by atoms with E-state index >= 15 is 0 Å². The van der Waals surface area contributed by atoms with E-state index in [4.69, 9.17) is 14.9 Å². The molecular weight excluding hydrogens is 431 g/mol. The summed E-state index contributed by atoms with van der Waals surface area (Å²) >= 11 is 0. The minimum atomic E-state index is -0.952. The van der Waals surface area contributed by atoms with Gasteiger partial charge in [-0.05, 0) is 94.3 Å². The number of halogens is 1. The molecule has 34 heavy (non-hydrogen) atoms. The molecule has 1 unspecified atom stereocenters. The van der Waals surface area contributed by atoms with E-state index in [9.17, 15) is 9.50 Å². The number of hydrogen-bond donors (Lipinski definition) is 3. The molecule has 6 heteroatoms. The van der Waals surface area contributed by atoms with Gasteiger partial charge in [0, 0.05) is 12.5 Å². The van der Waals surface area contributed by atoms with Crippen molar-refractivity contribution in [2.75, 3.05) is 6.61 Å². The topological polar surface area (TPSA) is 79.2 Å². The lowest BCUT2D eigenvalue weighted by Gasteiger charge is -2.43. The van der Waals surface area contributed by atoms with Gasteiger partial charge in [0.1, 0.15) is 11.4 Å². The molecule has 0 spiro atoms. The normalized spacial score (nSPS) is 21.8. The van der Waals surface area contributed by atoms with Crippen molar-refractivity contribution in [3.63, 3.8) is 0 Å². The standard InChI is InChI=1S/C28H35FN2O3/c1-27(2)16-20(17-28(3,4)34-27)25(18-8-11-21(32)12-9-18)19-10-13-23(22(15-19)26(29)30)31-24-7-5-6-14-33-24/h8-13,15,24,30-32H,5-7,14,16-17H2,1-4H3/p+1. The van der Waals surface area contributed by atoms with Crippen LogP contribution >= 0.6 is 0 Å². The zero-order chi connectivity index (χ0) is 24.5. The lowest BCUT2D eigenvalue weighted by atomic mass is 9.79. The van der Waals surface area contributed by atoms with Gasteiger partial charge < -0.3 is 14.6 Å². The highest BCUT2D eigenvalue weighted by Crippen LogP contribution is 2.43. The number of ether oxygens (including phenoxy) is 2. The summed E-state index contributed by atoms with van der Waals surface area (Å²) in [6, 6.07) is 12.8. The molecule has 2 aliphatic rings. The smallest absolute Gasteiger partial charge is 0.218 e. The molecule has 0 saturated carbocycles. The third-order valence-corrected chi connectivity index (χ3v) is 6.50. The first kappa shape index (κ1) is 24.6. The number of nitrogens with two attached hydrogens (primary N) is 1. The monoisotopic (exact) mass is 467 g/mol. The number of rotatable bonds is 5. The van der Waals surface area contributed by atoms with Crippen molar-refractivity contribution in [1.29, 1.82) is 5.41 Å². The second-order valence-corrected chi connectivity index (χ2v) is 10.7. The van der Waals surface area contributed by atoms with Gasteiger partial charge in [-0.1, -0.05) is 17.7 Å². The third-order valence-electron chi connectivity index (χ3n) is 6.50. The Labute approximate surface area is 201 Å². The molecule has 4 rings (SSSR count). The van der Waals surface area contributed by atoms with E-state index in [0.717, 1.165) is 48.8 Å². The van der Waals surface area contributed by atoms with E-state index in [0.29, 0.717) is 12.3 Å². The molecule has 0 bridgehead atoms. The quantitative estimate of drug-likeness (QED) is 0.397. The number of quaternary nitrogens is 1. The third kappa shape index (κ3) is 5.74. The van der Waals surface area contributed by atoms with Crippen LogP contribution in [-0.4, -0.2) is 35.1 Å². The zero-order valence-corrected chi connectivity index (χ0v) is 20.6. The van der Waals surface area contributed by atoms with Crippen molar-refractivity contribution in [3.8, 4) is 5.75 Å². The summed E-state index contributed by atoms with van der Waals surface area (Å²) < 4.78 is 26.6. The zero-order valence-electron chi connectivity index (χ0n) is 20.6. The number of hydrogen-bond acceptors (Lipinski definition) is 4. The second kappa shape index (κ2) is 9.61. The summed E-state index contributed by atoms with van der Waals surface area (Å²) in [5, 5.41) is 19.6. The fourth-order valence-electron chi connectivity index (χ4n) is 5.43. The summed E-state index contributed by atoms with van der Waals surface area (Å²) in [5.41, 5.74) is 4.29. The molecule has 2 aliphatic heterocycles. The Morgan fingerprint density at radius 3 is 2.24 bits per heavy atom. The Kier molecular flexibility index (Phi) is 6.94. The lowest BCUT2D eigenvalue weighted by Crippen LogP contribution is -2.86. The molecule has 5 nitrogen and oxygen atoms in total. The van der Waals surface area contributed by atoms with E-state index in [1.807, 2.05) is 29.6 Å². The SMILES string of the molecule is CC1(C)CC(=C(c2ccc(O)cc2)c2ccc([NH2+]C3CCCCO3)c(C(=N)F)c2)CC(C)(C)O1. The molecule has 2 fully saturated rings. The molecular formula is C28H36FN2O3+. The van der Waals surface area contributed by atoms with Crippen molar-refractivity contribution in [2.45, 2.75) is 77.2 Å². The highest BCUT2D eigenvalue weighted by atomic mass is 19.1. The first-order chi connectivity index (χ1) is 16.0. The van der Waals surface area contributed by atoms with E-state index in [1.165, 1.54) is 5.57 Å². The molecule has 0 amide bonds. The number of nitrogens with one attached hydrogen (secondary N) is 1. The number of phenols is 1. The molecule has 0 aliphatic carbocycles. The molecule has 182 valence electrons. The number of aromatic hydroxyl groups is 1. The summed E-state index contributed by atoms with van der Waals surface area (Å²) in [5.74, 6) is -0.754. The summed E-state index contributed by atoms with van der Waals surface area (Å²) in [6.07, 6.45) is 4.47. The van der Waals surface area contributed by atoms with Crippen LogP contribution in [0.4, 0.5) is 10.1 Å². The fourth-order valence-corrected chi connectivity index (χ4v) is 5.43. The Morgan fingerprint density at radius 1 is 1.00 bits per heavy atom. The lowest BCUT2D eigenvalue weighted by molar-refractivity contribution is -0.660. The largest absolute Gasteiger partial charge is 0.508 e. The Hall–Kier alpha value is -2.54. The van der Waals surface area contributed by atoms with Crippen LogP contribution in [0.3, 0.4) is 0 Å². The predicted molar refractivity (Wildman–Crippen MR) is 132 cm³/mol. The first-order valence-corrected chi connectivity index (χ1v) is 12.1. The number of benzene rings is 2. The second-order valence-electron chi connectivity index (χ2n) is 10.7. The van der Waals surface area contributed by atoms with Crippen LogP contribution in [0, 0.1) is 5.41 Å². The summed E-state index contributed by atoms with van der Waals surface area (Å²) in [7, 11) is 0. The Morgan fingerprint density at radius 2 is 1.65 bits per heavy atom. The molecule has 1 atom stereocenters. The van der Waals surface area contributed by atoms with Crippen LogP contribution in [0.15, 0.2) is 48.0 Å². The fraction of sp³-hybridized carbons (Fsp3) is 0.464. The van der Waals surface area contributed by atoms with E-state index in [1.54, 1.807) is 18.2 Å². The molecule has 2 aromatic rings. The van der Waals surface area contributed by atoms with E-state index in [2.05, 4.69) is 27.7 Å². The van der Waals surface area contributed by atoms with Crippen LogP contribution in [0.2, 0.25) is 0 Å². The van der Waals surface area contributed by atoms with E-state index < -0.39 is 5.97 Å². The Bertz CT molecular complexity index is 1070. The molecule has 4 N–H and O–H groups in total. The average molecular weight is 468 g/mol. The van der Waals surface area contributed by atoms with Gasteiger partial charge in [0.2, 0.25) is 5.97 Å². The minimum absolute atomic E-state index is 0.0512. The van der Waals surface area contributed by atoms with Gasteiger partial charge in [0.05, 0.1) is 23.4 Å². The summed E-state index contributed by atoms with van der Waals surface area (Å²) in [4.78, 5) is 0. The van der Waals surface area contributed by atoms with Crippen molar-refractivity contribution in [2.24, 2.45) is 0 Å². The highest BCUT2D eigenvalue weighted by Gasteiger charge is 2.38. The van der Waals surface area contributed by atoms with Crippen LogP contribution in [0.1, 0.15) is 76.5 Å². The predicted octanol–water partition coefficient (Wildman–Crippen LogP) is 5.58. The number of phenolic OH excluding ortho intramolecular Hbond substituents is 1. The van der Waals surface area contributed by atoms with Gasteiger partial charge in [0.15, 0.2) is 6.23 Å². The highest BCUT2D eigenvalue weighted by molar-refractivity contribution is 5.97.